The first-order valence-corrected chi connectivity index (χ1v) is 12.3. The highest BCUT2D eigenvalue weighted by Crippen LogP contribution is 2.27. The summed E-state index contributed by atoms with van der Waals surface area (Å²) in [6, 6.07) is 13.8. The second-order valence-electron chi connectivity index (χ2n) is 7.94. The second kappa shape index (κ2) is 10.7. The molecule has 0 radical (unpaired) electrons. The lowest BCUT2D eigenvalue weighted by atomic mass is 10.0. The van der Waals surface area contributed by atoms with Crippen LogP contribution in [0.5, 0.6) is 0 Å². The van der Waals surface area contributed by atoms with E-state index in [9.17, 15) is 13.2 Å². The molecule has 0 bridgehead atoms. The Morgan fingerprint density at radius 2 is 1.75 bits per heavy atom. The third kappa shape index (κ3) is 5.93. The minimum absolute atomic E-state index is 0.269. The van der Waals surface area contributed by atoms with Crippen molar-refractivity contribution in [3.05, 3.63) is 54.2 Å². The monoisotopic (exact) mass is 458 g/mol. The summed E-state index contributed by atoms with van der Waals surface area (Å²) >= 11 is 0. The maximum absolute atomic E-state index is 12.7. The molecule has 0 aliphatic rings. The van der Waals surface area contributed by atoms with Crippen LogP contribution in [-0.2, 0) is 21.9 Å². The third-order valence-electron chi connectivity index (χ3n) is 5.69. The lowest BCUT2D eigenvalue weighted by molar-refractivity contribution is -0.129. The minimum Gasteiger partial charge on any atom is -0.289 e. The Balaban J connectivity index is 1.54. The van der Waals surface area contributed by atoms with Crippen molar-refractivity contribution in [1.29, 1.82) is 0 Å². The molecule has 1 atom stereocenters. The van der Waals surface area contributed by atoms with Gasteiger partial charge in [-0.25, -0.2) is 18.6 Å². The molecular formula is C23H30N4O4S. The largest absolute Gasteiger partial charge is 0.289 e. The van der Waals surface area contributed by atoms with E-state index in [0.717, 1.165) is 40.4 Å². The van der Waals surface area contributed by atoms with Crippen LogP contribution in [0.25, 0.3) is 22.0 Å². The number of nitrogens with one attached hydrogen (secondary N) is 2. The Hall–Kier alpha value is -2.75. The highest BCUT2D eigenvalue weighted by molar-refractivity contribution is 7.89. The molecule has 0 fully saturated rings. The summed E-state index contributed by atoms with van der Waals surface area (Å²) in [4.78, 5) is 10.9. The predicted octanol–water partition coefficient (Wildman–Crippen LogP) is 3.68. The average molecular weight is 459 g/mol. The average Bonchev–Trinajstić information content (AvgIpc) is 3.17. The molecule has 32 heavy (non-hydrogen) atoms. The number of fused-ring (bicyclic) bond motifs is 1. The molecular weight excluding hydrogens is 428 g/mol. The number of rotatable bonds is 11. The van der Waals surface area contributed by atoms with Crippen LogP contribution < -0.4 is 10.2 Å². The smallest absolute Gasteiger partial charge is 0.243 e. The molecule has 2 aromatic carbocycles. The number of aromatic nitrogens is 2. The van der Waals surface area contributed by atoms with Crippen molar-refractivity contribution >= 4 is 26.8 Å². The van der Waals surface area contributed by atoms with Gasteiger partial charge >= 0.3 is 0 Å². The van der Waals surface area contributed by atoms with Gasteiger partial charge in [0.05, 0.1) is 17.0 Å². The molecule has 0 aliphatic carbocycles. The highest BCUT2D eigenvalue weighted by atomic mass is 32.2. The molecule has 3 rings (SSSR count). The summed E-state index contributed by atoms with van der Waals surface area (Å²) in [5.74, 6) is -0.400. The van der Waals surface area contributed by atoms with Crippen molar-refractivity contribution < 1.29 is 18.4 Å². The number of unbranched alkanes of at least 4 members (excludes halogenated alkanes) is 3. The van der Waals surface area contributed by atoms with Gasteiger partial charge in [-0.15, -0.1) is 0 Å². The number of sulfonamides is 1. The first-order chi connectivity index (χ1) is 15.3. The van der Waals surface area contributed by atoms with Crippen LogP contribution in [0.4, 0.5) is 0 Å². The highest BCUT2D eigenvalue weighted by Gasteiger charge is 2.21. The maximum atomic E-state index is 12.7. The Bertz CT molecular complexity index is 1160. The fourth-order valence-corrected chi connectivity index (χ4v) is 4.80. The van der Waals surface area contributed by atoms with Gasteiger partial charge in [-0.3, -0.25) is 14.7 Å². The molecule has 0 saturated heterocycles. The van der Waals surface area contributed by atoms with E-state index in [2.05, 4.69) is 15.9 Å². The number of amides is 1. The zero-order valence-corrected chi connectivity index (χ0v) is 19.2. The minimum atomic E-state index is -3.49. The Morgan fingerprint density at radius 3 is 2.47 bits per heavy atom. The Labute approximate surface area is 188 Å². The van der Waals surface area contributed by atoms with Crippen molar-refractivity contribution in [3.63, 3.8) is 0 Å². The number of aryl methyl sites for hydroxylation is 1. The quantitative estimate of drug-likeness (QED) is 0.230. The van der Waals surface area contributed by atoms with Gasteiger partial charge in [0.25, 0.3) is 0 Å². The maximum Gasteiger partial charge on any atom is 0.243 e. The fraction of sp³-hybridized carbons (Fsp3) is 0.391. The van der Waals surface area contributed by atoms with Gasteiger partial charge in [0, 0.05) is 25.4 Å². The van der Waals surface area contributed by atoms with E-state index >= 15 is 0 Å². The first-order valence-electron chi connectivity index (χ1n) is 10.8. The molecule has 0 saturated carbocycles. The number of carbonyl (C=O) groups is 1. The number of hydrogen-bond acceptors (Lipinski definition) is 5. The first kappa shape index (κ1) is 23.9. The van der Waals surface area contributed by atoms with E-state index in [-0.39, 0.29) is 6.42 Å². The van der Waals surface area contributed by atoms with Crippen LogP contribution in [0.15, 0.2) is 48.7 Å². The lowest BCUT2D eigenvalue weighted by Crippen LogP contribution is -2.28. The van der Waals surface area contributed by atoms with Gasteiger partial charge < -0.3 is 0 Å². The SMILES string of the molecule is CC(c1ccc(-c2ccc3cnn(C)c3c2)cc1)S(=O)(=O)NCCCCCCC(=O)NO. The van der Waals surface area contributed by atoms with Gasteiger partial charge in [0.2, 0.25) is 15.9 Å². The van der Waals surface area contributed by atoms with Crippen LogP contribution in [0.1, 0.15) is 49.8 Å². The molecule has 1 heterocycles. The van der Waals surface area contributed by atoms with Crippen molar-refractivity contribution in [2.24, 2.45) is 7.05 Å². The molecule has 3 aromatic rings. The fourth-order valence-electron chi connectivity index (χ4n) is 3.61. The van der Waals surface area contributed by atoms with Gasteiger partial charge in [0.1, 0.15) is 0 Å². The molecule has 1 aromatic heterocycles. The molecule has 8 nitrogen and oxygen atoms in total. The lowest BCUT2D eigenvalue weighted by Gasteiger charge is -2.15. The van der Waals surface area contributed by atoms with Gasteiger partial charge in [-0.05, 0) is 42.5 Å². The van der Waals surface area contributed by atoms with Crippen molar-refractivity contribution in [1.82, 2.24) is 20.0 Å². The van der Waals surface area contributed by atoms with E-state index in [1.54, 1.807) is 12.4 Å². The number of hydrogen-bond donors (Lipinski definition) is 3. The summed E-state index contributed by atoms with van der Waals surface area (Å²) in [7, 11) is -1.58. The molecule has 1 unspecified atom stereocenters. The molecule has 1 amide bonds. The number of carbonyl (C=O) groups excluding carboxylic acids is 1. The number of hydroxylamine groups is 1. The zero-order chi connectivity index (χ0) is 23.1. The van der Waals surface area contributed by atoms with Gasteiger partial charge in [-0.1, -0.05) is 49.2 Å². The van der Waals surface area contributed by atoms with E-state index in [1.807, 2.05) is 54.3 Å². The zero-order valence-electron chi connectivity index (χ0n) is 18.4. The van der Waals surface area contributed by atoms with Crippen LogP contribution in [-0.4, -0.2) is 35.9 Å². The van der Waals surface area contributed by atoms with E-state index in [0.29, 0.717) is 19.4 Å². The molecule has 0 aliphatic heterocycles. The van der Waals surface area contributed by atoms with E-state index < -0.39 is 21.2 Å². The second-order valence-corrected chi connectivity index (χ2v) is 10.0. The summed E-state index contributed by atoms with van der Waals surface area (Å²) in [5, 5.41) is 13.1. The van der Waals surface area contributed by atoms with Crippen molar-refractivity contribution in [2.75, 3.05) is 6.54 Å². The van der Waals surface area contributed by atoms with Crippen molar-refractivity contribution in [3.8, 4) is 11.1 Å². The summed E-state index contributed by atoms with van der Waals surface area (Å²) in [6.07, 6.45) is 5.07. The van der Waals surface area contributed by atoms with Crippen LogP contribution in [0.2, 0.25) is 0 Å². The Morgan fingerprint density at radius 1 is 1.06 bits per heavy atom. The number of nitrogens with zero attached hydrogens (tertiary/aromatic N) is 2. The van der Waals surface area contributed by atoms with E-state index in [4.69, 9.17) is 5.21 Å². The third-order valence-corrected chi connectivity index (χ3v) is 7.50. The molecule has 9 heteroatoms. The predicted molar refractivity (Wildman–Crippen MR) is 125 cm³/mol. The topological polar surface area (TPSA) is 113 Å². The normalized spacial score (nSPS) is 12.7. The van der Waals surface area contributed by atoms with Crippen LogP contribution >= 0.6 is 0 Å². The summed E-state index contributed by atoms with van der Waals surface area (Å²) in [6.45, 7) is 2.05. The van der Waals surface area contributed by atoms with Gasteiger partial charge in [0.15, 0.2) is 0 Å². The summed E-state index contributed by atoms with van der Waals surface area (Å²) < 4.78 is 29.8. The van der Waals surface area contributed by atoms with Crippen LogP contribution in [0.3, 0.4) is 0 Å². The molecule has 0 spiro atoms. The molecule has 3 N–H and O–H groups in total. The van der Waals surface area contributed by atoms with Crippen molar-refractivity contribution in [2.45, 2.75) is 44.3 Å². The Kier molecular flexibility index (Phi) is 8.00. The summed E-state index contributed by atoms with van der Waals surface area (Å²) in [5.41, 5.74) is 5.45. The number of benzene rings is 2. The van der Waals surface area contributed by atoms with Gasteiger partial charge in [-0.2, -0.15) is 5.10 Å². The molecule has 172 valence electrons. The van der Waals surface area contributed by atoms with E-state index in [1.165, 1.54) is 0 Å². The van der Waals surface area contributed by atoms with Crippen LogP contribution in [0, 0.1) is 0 Å². The standard InChI is InChI=1S/C23H30N4O4S/c1-17(32(30,31)25-14-6-4-3-5-7-23(28)26-29)18-8-10-19(11-9-18)20-12-13-21-16-24-27(2)22(21)15-20/h8-13,15-17,25,29H,3-7,14H2,1-2H3,(H,26,28).